The minimum Gasteiger partial charge on any atom is -0.256 e. The van der Waals surface area contributed by atoms with E-state index < -0.39 is 19.9 Å². The quantitative estimate of drug-likeness (QED) is 0.764. The molecule has 0 saturated heterocycles. The first-order valence-corrected chi connectivity index (χ1v) is 11.4. The predicted molar refractivity (Wildman–Crippen MR) is 101 cm³/mol. The minimum atomic E-state index is -1.75. The van der Waals surface area contributed by atoms with Crippen LogP contribution in [0.15, 0.2) is 36.5 Å². The van der Waals surface area contributed by atoms with Gasteiger partial charge in [0.2, 0.25) is 0 Å². The fraction of sp³-hybridized carbons (Fsp3) is 0.400. The number of nitrogens with zero attached hydrogens (tertiary/aromatic N) is 2. The molecule has 0 saturated carbocycles. The lowest BCUT2D eigenvalue weighted by atomic mass is 9.88. The summed E-state index contributed by atoms with van der Waals surface area (Å²) >= 11 is 0. The number of aromatic nitrogens is 1. The maximum Gasteiger partial charge on any atom is 0.0991 e. The monoisotopic (exact) mass is 324 g/mol. The minimum absolute atomic E-state index is 0.523. The van der Waals surface area contributed by atoms with Crippen LogP contribution in [0.1, 0.15) is 34.6 Å². The zero-order valence-electron chi connectivity index (χ0n) is 16.9. The molecule has 3 heteroatoms. The van der Waals surface area contributed by atoms with Crippen LogP contribution in [0.25, 0.3) is 11.3 Å². The highest BCUT2D eigenvalue weighted by molar-refractivity contribution is 6.89. The van der Waals surface area contributed by atoms with Crippen LogP contribution in [0.2, 0.25) is 19.6 Å². The van der Waals surface area contributed by atoms with Gasteiger partial charge in [0.1, 0.15) is 0 Å². The molecule has 0 spiro atoms. The summed E-state index contributed by atoms with van der Waals surface area (Å²) in [7, 11) is -1.75. The zero-order chi connectivity index (χ0) is 19.0. The molecule has 0 aliphatic heterocycles. The Morgan fingerprint density at radius 1 is 1.17 bits per heavy atom. The first-order chi connectivity index (χ1) is 11.4. The molecule has 2 nitrogen and oxygen atoms in total. The summed E-state index contributed by atoms with van der Waals surface area (Å²) in [6, 6.07) is 11.3. The van der Waals surface area contributed by atoms with Crippen molar-refractivity contribution in [2.24, 2.45) is 5.41 Å². The topological polar surface area (TPSA) is 36.7 Å². The third-order valence-electron chi connectivity index (χ3n) is 3.53. The highest BCUT2D eigenvalue weighted by Crippen LogP contribution is 2.25. The van der Waals surface area contributed by atoms with Crippen molar-refractivity contribution in [1.29, 1.82) is 5.26 Å². The molecule has 1 heterocycles. The van der Waals surface area contributed by atoms with Crippen molar-refractivity contribution in [1.82, 2.24) is 4.98 Å². The summed E-state index contributed by atoms with van der Waals surface area (Å²) in [5.41, 5.74) is 2.47. The summed E-state index contributed by atoms with van der Waals surface area (Å²) in [5, 5.41) is 10.0. The molecule has 0 radical (unpaired) electrons. The van der Waals surface area contributed by atoms with E-state index >= 15 is 0 Å². The van der Waals surface area contributed by atoms with Crippen molar-refractivity contribution in [2.75, 3.05) is 0 Å². The van der Waals surface area contributed by atoms with Crippen LogP contribution in [0, 0.1) is 16.7 Å². The van der Waals surface area contributed by atoms with E-state index in [0.29, 0.717) is 5.56 Å². The fourth-order valence-electron chi connectivity index (χ4n) is 2.43. The van der Waals surface area contributed by atoms with Crippen molar-refractivity contribution < 1.29 is 2.74 Å². The molecular formula is C20H26N2Si. The lowest BCUT2D eigenvalue weighted by molar-refractivity contribution is 0.412. The highest BCUT2D eigenvalue weighted by atomic mass is 28.3. The third kappa shape index (κ3) is 4.53. The van der Waals surface area contributed by atoms with Crippen molar-refractivity contribution in [3.63, 3.8) is 0 Å². The van der Waals surface area contributed by atoms with Crippen LogP contribution < -0.4 is 5.19 Å². The standard InChI is InChI=1S/C20H26N2Si/c1-20(2,3)12-17-11-18(22-14-19(17)23(4,5)6)16-9-7-15(13-21)8-10-16/h7-11,14H,12H2,1-6H3/i12D2. The molecule has 0 fully saturated rings. The largest absolute Gasteiger partial charge is 0.256 e. The van der Waals surface area contributed by atoms with Crippen molar-refractivity contribution in [3.8, 4) is 17.3 Å². The van der Waals surface area contributed by atoms with Crippen molar-refractivity contribution in [2.45, 2.75) is 46.8 Å². The lowest BCUT2D eigenvalue weighted by Crippen LogP contribution is -2.41. The van der Waals surface area contributed by atoms with E-state index in [4.69, 9.17) is 8.00 Å². The first-order valence-electron chi connectivity index (χ1n) is 8.89. The second-order valence-electron chi connectivity index (χ2n) is 7.93. The number of benzene rings is 1. The molecule has 0 atom stereocenters. The number of rotatable bonds is 3. The molecule has 23 heavy (non-hydrogen) atoms. The van der Waals surface area contributed by atoms with Gasteiger partial charge in [-0.3, -0.25) is 4.98 Å². The SMILES string of the molecule is [2H]C([2H])(c1cc(-c2ccc(C#N)cc2)ncc1[Si](C)(C)C)C(C)(C)C. The van der Waals surface area contributed by atoms with Gasteiger partial charge in [0.15, 0.2) is 0 Å². The third-order valence-corrected chi connectivity index (χ3v) is 5.55. The lowest BCUT2D eigenvalue weighted by Gasteiger charge is -2.26. The van der Waals surface area contributed by atoms with Crippen LogP contribution in [-0.2, 0) is 6.37 Å². The molecule has 0 bridgehead atoms. The molecule has 0 aliphatic carbocycles. The molecule has 120 valence electrons. The summed E-state index contributed by atoms with van der Waals surface area (Å²) in [4.78, 5) is 4.61. The van der Waals surface area contributed by atoms with Gasteiger partial charge in [-0.2, -0.15) is 5.26 Å². The maximum absolute atomic E-state index is 8.95. The normalized spacial score (nSPS) is 14.0. The number of hydrogen-bond donors (Lipinski definition) is 0. The van der Waals surface area contributed by atoms with Crippen molar-refractivity contribution >= 4 is 13.3 Å². The van der Waals surface area contributed by atoms with Gasteiger partial charge in [0, 0.05) is 14.5 Å². The van der Waals surface area contributed by atoms with Gasteiger partial charge in [0.05, 0.1) is 25.4 Å². The predicted octanol–water partition coefficient (Wildman–Crippen LogP) is 4.75. The van der Waals surface area contributed by atoms with E-state index in [1.54, 1.807) is 12.1 Å². The first kappa shape index (κ1) is 14.7. The van der Waals surface area contributed by atoms with Crippen LogP contribution >= 0.6 is 0 Å². The Hall–Kier alpha value is -1.92. The molecule has 2 aromatic rings. The second kappa shape index (κ2) is 6.29. The van der Waals surface area contributed by atoms with E-state index in [9.17, 15) is 0 Å². The van der Waals surface area contributed by atoms with Crippen LogP contribution in [0.4, 0.5) is 0 Å². The van der Waals surface area contributed by atoms with Gasteiger partial charge in [-0.1, -0.05) is 52.5 Å². The Balaban J connectivity index is 2.68. The maximum atomic E-state index is 8.95. The Labute approximate surface area is 144 Å². The highest BCUT2D eigenvalue weighted by Gasteiger charge is 2.24. The fourth-order valence-corrected chi connectivity index (χ4v) is 3.83. The summed E-state index contributed by atoms with van der Waals surface area (Å²) in [6.07, 6.45) is 0.394. The molecule has 0 aliphatic rings. The molecule has 1 aromatic heterocycles. The van der Waals surface area contributed by atoms with Crippen molar-refractivity contribution in [3.05, 3.63) is 47.7 Å². The van der Waals surface area contributed by atoms with Crippen LogP contribution in [0.5, 0.6) is 0 Å². The Kier molecular flexibility index (Phi) is 4.01. The zero-order valence-corrected chi connectivity index (χ0v) is 15.9. The van der Waals surface area contributed by atoms with Gasteiger partial charge in [-0.15, -0.1) is 0 Å². The van der Waals surface area contributed by atoms with Crippen LogP contribution in [-0.4, -0.2) is 13.1 Å². The van der Waals surface area contributed by atoms with Crippen LogP contribution in [0.3, 0.4) is 0 Å². The number of pyridine rings is 1. The molecule has 0 N–H and O–H groups in total. The summed E-state index contributed by atoms with van der Waals surface area (Å²) in [6.45, 7) is 12.4. The molecule has 0 amide bonds. The summed E-state index contributed by atoms with van der Waals surface area (Å²) in [5.74, 6) is 0. The Bertz CT molecular complexity index is 808. The average Bonchev–Trinajstić information content (AvgIpc) is 2.52. The van der Waals surface area contributed by atoms with Gasteiger partial charge in [-0.05, 0) is 40.7 Å². The van der Waals surface area contributed by atoms with Gasteiger partial charge in [0.25, 0.3) is 0 Å². The van der Waals surface area contributed by atoms with E-state index in [1.807, 2.05) is 45.2 Å². The molecule has 1 aromatic carbocycles. The number of hydrogen-bond acceptors (Lipinski definition) is 2. The smallest absolute Gasteiger partial charge is 0.0991 e. The van der Waals surface area contributed by atoms with E-state index in [2.05, 4.69) is 30.7 Å². The van der Waals surface area contributed by atoms with E-state index in [0.717, 1.165) is 22.0 Å². The molecule has 2 rings (SSSR count). The summed E-state index contributed by atoms with van der Waals surface area (Å²) < 4.78 is 17.6. The van der Waals surface area contributed by atoms with Gasteiger partial charge < -0.3 is 0 Å². The molecule has 0 unspecified atom stereocenters. The van der Waals surface area contributed by atoms with Gasteiger partial charge >= 0.3 is 0 Å². The Morgan fingerprint density at radius 3 is 2.26 bits per heavy atom. The average molecular weight is 325 g/mol. The molecular weight excluding hydrogens is 296 g/mol. The van der Waals surface area contributed by atoms with E-state index in [-0.39, 0.29) is 0 Å². The Morgan fingerprint density at radius 2 is 1.78 bits per heavy atom. The van der Waals surface area contributed by atoms with Gasteiger partial charge in [-0.25, -0.2) is 0 Å². The number of nitriles is 1. The second-order valence-corrected chi connectivity index (χ2v) is 13.0. The van der Waals surface area contributed by atoms with E-state index in [1.165, 1.54) is 0 Å².